The van der Waals surface area contributed by atoms with Crippen LogP contribution in [0, 0.1) is 5.92 Å². The van der Waals surface area contributed by atoms with E-state index < -0.39 is 0 Å². The Morgan fingerprint density at radius 3 is 2.22 bits per heavy atom. The highest BCUT2D eigenvalue weighted by Crippen LogP contribution is 2.01. The lowest BCUT2D eigenvalue weighted by atomic mass is 10.0. The molecule has 2 heteroatoms. The zero-order valence-corrected chi connectivity index (χ0v) is 5.89. The first kappa shape index (κ1) is 8.34. The molecule has 9 heavy (non-hydrogen) atoms. The van der Waals surface area contributed by atoms with Gasteiger partial charge in [0.15, 0.2) is 0 Å². The molecule has 2 nitrogen and oxygen atoms in total. The van der Waals surface area contributed by atoms with Crippen LogP contribution in [0.1, 0.15) is 26.7 Å². The minimum Gasteiger partial charge on any atom is -0.303 e. The van der Waals surface area contributed by atoms with Crippen LogP contribution in [0.3, 0.4) is 0 Å². The Labute approximate surface area is 55.3 Å². The van der Waals surface area contributed by atoms with E-state index in [1.54, 1.807) is 6.92 Å². The van der Waals surface area contributed by atoms with Crippen molar-refractivity contribution in [3.63, 3.8) is 0 Å². The van der Waals surface area contributed by atoms with Gasteiger partial charge in [0, 0.05) is 6.42 Å². The van der Waals surface area contributed by atoms with E-state index in [1.165, 1.54) is 0 Å². The molecule has 52 valence electrons. The lowest BCUT2D eigenvalue weighted by molar-refractivity contribution is -0.127. The summed E-state index contributed by atoms with van der Waals surface area (Å²) in [6, 6.07) is 0. The third kappa shape index (κ3) is 2.40. The maximum absolute atomic E-state index is 10.7. The number of aldehydes is 1. The van der Waals surface area contributed by atoms with Gasteiger partial charge in [0.1, 0.15) is 12.1 Å². The third-order valence-corrected chi connectivity index (χ3v) is 1.37. The average Bonchev–Trinajstić information content (AvgIpc) is 1.90. The fourth-order valence-corrected chi connectivity index (χ4v) is 0.662. The first-order valence-electron chi connectivity index (χ1n) is 3.24. The Bertz CT molecular complexity index is 107. The van der Waals surface area contributed by atoms with Crippen LogP contribution in [0.25, 0.3) is 0 Å². The zero-order valence-electron chi connectivity index (χ0n) is 5.89. The Morgan fingerprint density at radius 1 is 1.56 bits per heavy atom. The molecule has 0 rings (SSSR count). The molecule has 0 bridgehead atoms. The maximum Gasteiger partial charge on any atom is 0.142 e. The molecule has 1 atom stereocenters. The summed E-state index contributed by atoms with van der Waals surface area (Å²) in [5, 5.41) is 0. The number of rotatable bonds is 4. The highest BCUT2D eigenvalue weighted by atomic mass is 16.1. The van der Waals surface area contributed by atoms with Crippen LogP contribution < -0.4 is 0 Å². The Morgan fingerprint density at radius 2 is 2.11 bits per heavy atom. The lowest BCUT2D eigenvalue weighted by Crippen LogP contribution is -2.13. The molecule has 0 fully saturated rings. The molecule has 0 aliphatic heterocycles. The molecule has 0 aromatic carbocycles. The molecule has 0 aromatic rings. The van der Waals surface area contributed by atoms with E-state index >= 15 is 0 Å². The summed E-state index contributed by atoms with van der Waals surface area (Å²) in [5.41, 5.74) is 0. The fourth-order valence-electron chi connectivity index (χ4n) is 0.662. The van der Waals surface area contributed by atoms with Crippen molar-refractivity contribution in [2.45, 2.75) is 26.7 Å². The van der Waals surface area contributed by atoms with Crippen LogP contribution in [0.2, 0.25) is 0 Å². The number of hydrogen-bond acceptors (Lipinski definition) is 2. The number of ketones is 1. The second-order valence-electron chi connectivity index (χ2n) is 1.97. The molecule has 0 spiro atoms. The van der Waals surface area contributed by atoms with Crippen molar-refractivity contribution < 1.29 is 9.59 Å². The van der Waals surface area contributed by atoms with Crippen LogP contribution in [-0.4, -0.2) is 12.1 Å². The summed E-state index contributed by atoms with van der Waals surface area (Å²) in [4.78, 5) is 20.9. The van der Waals surface area contributed by atoms with Crippen molar-refractivity contribution in [3.05, 3.63) is 0 Å². The maximum atomic E-state index is 10.7. The van der Waals surface area contributed by atoms with E-state index in [4.69, 9.17) is 0 Å². The van der Waals surface area contributed by atoms with Crippen molar-refractivity contribution in [2.75, 3.05) is 0 Å². The number of carbonyl (C=O) groups is 2. The van der Waals surface area contributed by atoms with Crippen molar-refractivity contribution in [1.82, 2.24) is 0 Å². The van der Waals surface area contributed by atoms with Crippen LogP contribution in [0.5, 0.6) is 0 Å². The van der Waals surface area contributed by atoms with Gasteiger partial charge < -0.3 is 4.79 Å². The number of Topliss-reactive ketones (excluding diaryl/α,β-unsaturated/α-hetero) is 1. The molecule has 0 radical (unpaired) electrons. The summed E-state index contributed by atoms with van der Waals surface area (Å²) in [7, 11) is 0. The van der Waals surface area contributed by atoms with Gasteiger partial charge in [0.05, 0.1) is 5.92 Å². The van der Waals surface area contributed by atoms with Crippen LogP contribution >= 0.6 is 0 Å². The quantitative estimate of drug-likeness (QED) is 0.421. The smallest absolute Gasteiger partial charge is 0.142 e. The topological polar surface area (TPSA) is 34.1 Å². The highest BCUT2D eigenvalue weighted by Gasteiger charge is 2.11. The molecule has 1 unspecified atom stereocenters. The van der Waals surface area contributed by atoms with Gasteiger partial charge in [-0.3, -0.25) is 4.79 Å². The number of hydrogen-bond donors (Lipinski definition) is 0. The van der Waals surface area contributed by atoms with Gasteiger partial charge in [-0.2, -0.15) is 0 Å². The van der Waals surface area contributed by atoms with E-state index in [1.807, 2.05) is 6.92 Å². The van der Waals surface area contributed by atoms with E-state index in [2.05, 4.69) is 0 Å². The zero-order chi connectivity index (χ0) is 7.28. The van der Waals surface area contributed by atoms with Crippen molar-refractivity contribution in [1.29, 1.82) is 0 Å². The monoisotopic (exact) mass is 128 g/mol. The van der Waals surface area contributed by atoms with E-state index in [0.29, 0.717) is 12.8 Å². The standard InChI is InChI=1S/C7H12O2/c1-3-6(5-8)7(9)4-2/h5-6H,3-4H2,1-2H3. The predicted molar refractivity (Wildman–Crippen MR) is 35.1 cm³/mol. The first-order valence-corrected chi connectivity index (χ1v) is 3.24. The van der Waals surface area contributed by atoms with Crippen molar-refractivity contribution >= 4 is 12.1 Å². The summed E-state index contributed by atoms with van der Waals surface area (Å²) in [5.74, 6) is -0.303. The molecule has 0 saturated heterocycles. The van der Waals surface area contributed by atoms with Crippen molar-refractivity contribution in [3.8, 4) is 0 Å². The van der Waals surface area contributed by atoms with Gasteiger partial charge in [-0.1, -0.05) is 13.8 Å². The molecular weight excluding hydrogens is 116 g/mol. The van der Waals surface area contributed by atoms with E-state index in [9.17, 15) is 9.59 Å². The first-order chi connectivity index (χ1) is 4.26. The molecule has 0 aliphatic carbocycles. The van der Waals surface area contributed by atoms with E-state index in [-0.39, 0.29) is 11.7 Å². The lowest BCUT2D eigenvalue weighted by Gasteiger charge is -2.00. The Hall–Kier alpha value is -0.660. The second kappa shape index (κ2) is 4.24. The minimum atomic E-state index is -0.352. The molecule has 0 heterocycles. The van der Waals surface area contributed by atoms with Gasteiger partial charge >= 0.3 is 0 Å². The molecule has 0 aromatic heterocycles. The molecule has 0 saturated carbocycles. The molecule has 0 amide bonds. The summed E-state index contributed by atoms with van der Waals surface area (Å²) >= 11 is 0. The minimum absolute atomic E-state index is 0.0486. The summed E-state index contributed by atoms with van der Waals surface area (Å²) in [6.45, 7) is 3.61. The molecule has 0 N–H and O–H groups in total. The van der Waals surface area contributed by atoms with Gasteiger partial charge in [0.25, 0.3) is 0 Å². The summed E-state index contributed by atoms with van der Waals surface area (Å²) < 4.78 is 0. The van der Waals surface area contributed by atoms with Crippen molar-refractivity contribution in [2.24, 2.45) is 5.92 Å². The van der Waals surface area contributed by atoms with Gasteiger partial charge in [-0.15, -0.1) is 0 Å². The predicted octanol–water partition coefficient (Wildman–Crippen LogP) is 1.19. The van der Waals surface area contributed by atoms with Crippen LogP contribution in [0.15, 0.2) is 0 Å². The average molecular weight is 128 g/mol. The Balaban J connectivity index is 3.78. The molecule has 0 aliphatic rings. The van der Waals surface area contributed by atoms with Gasteiger partial charge in [-0.05, 0) is 6.42 Å². The van der Waals surface area contributed by atoms with Crippen LogP contribution in [0.4, 0.5) is 0 Å². The largest absolute Gasteiger partial charge is 0.303 e. The highest BCUT2D eigenvalue weighted by molar-refractivity contribution is 5.92. The number of carbonyl (C=O) groups excluding carboxylic acids is 2. The second-order valence-corrected chi connectivity index (χ2v) is 1.97. The third-order valence-electron chi connectivity index (χ3n) is 1.37. The summed E-state index contributed by atoms with van der Waals surface area (Å²) in [6.07, 6.45) is 1.83. The molecular formula is C7H12O2. The van der Waals surface area contributed by atoms with E-state index in [0.717, 1.165) is 6.29 Å². The van der Waals surface area contributed by atoms with Crippen LogP contribution in [-0.2, 0) is 9.59 Å². The van der Waals surface area contributed by atoms with Gasteiger partial charge in [-0.25, -0.2) is 0 Å². The normalized spacial score (nSPS) is 12.7. The van der Waals surface area contributed by atoms with Gasteiger partial charge in [0.2, 0.25) is 0 Å². The fraction of sp³-hybridized carbons (Fsp3) is 0.714. The SMILES string of the molecule is CCC(=O)C(C=O)CC. The Kier molecular flexibility index (Phi) is 3.93.